The number of nitrogens with one attached hydrogen (secondary N) is 1. The summed E-state index contributed by atoms with van der Waals surface area (Å²) in [6.07, 6.45) is 6.04. The van der Waals surface area contributed by atoms with E-state index in [1.807, 2.05) is 36.4 Å². The number of hydrogen-bond acceptors (Lipinski definition) is 1. The molecule has 0 heterocycles. The zero-order valence-electron chi connectivity index (χ0n) is 8.95. The molecule has 0 spiro atoms. The Bertz CT molecular complexity index is 393. The summed E-state index contributed by atoms with van der Waals surface area (Å²) < 4.78 is 0. The highest BCUT2D eigenvalue weighted by atomic mass is 35.5. The average Bonchev–Trinajstić information content (AvgIpc) is 3.11. The van der Waals surface area contributed by atoms with Gasteiger partial charge in [-0.25, -0.2) is 0 Å². The number of alkyl halides is 1. The molecule has 0 saturated heterocycles. The molecule has 1 aromatic rings. The number of allylic oxidation sites excluding steroid dienone is 1. The van der Waals surface area contributed by atoms with Crippen molar-refractivity contribution in [3.8, 4) is 0 Å². The first-order valence-corrected chi connectivity index (χ1v) is 5.96. The normalized spacial score (nSPS) is 15.3. The third-order valence-electron chi connectivity index (χ3n) is 2.48. The van der Waals surface area contributed by atoms with Gasteiger partial charge in [0.25, 0.3) is 5.91 Å². The van der Waals surface area contributed by atoms with Crippen LogP contribution in [0.25, 0.3) is 6.08 Å². The summed E-state index contributed by atoms with van der Waals surface area (Å²) in [5, 5.41) is 2.95. The molecule has 1 amide bonds. The number of amides is 1. The molecule has 0 atom stereocenters. The lowest BCUT2D eigenvalue weighted by atomic mass is 10.1. The fourth-order valence-electron chi connectivity index (χ4n) is 1.42. The molecule has 1 aliphatic carbocycles. The van der Waals surface area contributed by atoms with E-state index in [0.29, 0.717) is 11.9 Å². The van der Waals surface area contributed by atoms with Crippen LogP contribution in [-0.2, 0) is 0 Å². The molecule has 2 rings (SSSR count). The van der Waals surface area contributed by atoms with Crippen LogP contribution < -0.4 is 5.32 Å². The predicted octanol–water partition coefficient (Wildman–Crippen LogP) is 2.83. The number of halogens is 1. The van der Waals surface area contributed by atoms with Crippen molar-refractivity contribution < 1.29 is 4.79 Å². The molecule has 1 aromatic carbocycles. The van der Waals surface area contributed by atoms with Gasteiger partial charge in [-0.05, 0) is 30.5 Å². The minimum absolute atomic E-state index is 0.0235. The van der Waals surface area contributed by atoms with Gasteiger partial charge in [0, 0.05) is 17.5 Å². The molecule has 0 radical (unpaired) electrons. The van der Waals surface area contributed by atoms with Crippen LogP contribution in [0.2, 0.25) is 0 Å². The van der Waals surface area contributed by atoms with Crippen molar-refractivity contribution in [2.75, 3.05) is 5.88 Å². The summed E-state index contributed by atoms with van der Waals surface area (Å²) >= 11 is 5.55. The van der Waals surface area contributed by atoms with Gasteiger partial charge >= 0.3 is 0 Å². The molecule has 2 nitrogen and oxygen atoms in total. The Hall–Kier alpha value is -1.28. The number of carbonyl (C=O) groups excluding carboxylic acids is 1. The molecule has 0 aromatic heterocycles. The largest absolute Gasteiger partial charge is 0.349 e. The Kier molecular flexibility index (Phi) is 3.62. The van der Waals surface area contributed by atoms with Gasteiger partial charge in [-0.3, -0.25) is 4.79 Å². The highest BCUT2D eigenvalue weighted by molar-refractivity contribution is 6.19. The van der Waals surface area contributed by atoms with Crippen molar-refractivity contribution in [2.24, 2.45) is 0 Å². The van der Waals surface area contributed by atoms with Crippen molar-refractivity contribution in [3.63, 3.8) is 0 Å². The van der Waals surface area contributed by atoms with E-state index in [1.54, 1.807) is 0 Å². The molecule has 84 valence electrons. The van der Waals surface area contributed by atoms with Gasteiger partial charge in [0.1, 0.15) is 0 Å². The van der Waals surface area contributed by atoms with Gasteiger partial charge < -0.3 is 5.32 Å². The molecule has 1 saturated carbocycles. The fourth-order valence-corrected chi connectivity index (χ4v) is 1.51. The Morgan fingerprint density at radius 2 is 2.06 bits per heavy atom. The summed E-state index contributed by atoms with van der Waals surface area (Å²) in [7, 11) is 0. The maximum atomic E-state index is 11.7. The van der Waals surface area contributed by atoms with Crippen LogP contribution in [0.15, 0.2) is 30.3 Å². The zero-order chi connectivity index (χ0) is 11.4. The van der Waals surface area contributed by atoms with Crippen LogP contribution in [0, 0.1) is 0 Å². The molecule has 3 heteroatoms. The first-order valence-electron chi connectivity index (χ1n) is 5.43. The molecule has 16 heavy (non-hydrogen) atoms. The number of benzene rings is 1. The Morgan fingerprint density at radius 1 is 1.38 bits per heavy atom. The lowest BCUT2D eigenvalue weighted by Gasteiger charge is -2.03. The van der Waals surface area contributed by atoms with Crippen LogP contribution >= 0.6 is 11.6 Å². The van der Waals surface area contributed by atoms with Crippen LogP contribution in [0.3, 0.4) is 0 Å². The first-order chi connectivity index (χ1) is 7.79. The van der Waals surface area contributed by atoms with Crippen molar-refractivity contribution in [2.45, 2.75) is 18.9 Å². The molecular weight excluding hydrogens is 222 g/mol. The topological polar surface area (TPSA) is 29.1 Å². The number of hydrogen-bond donors (Lipinski definition) is 1. The minimum atomic E-state index is 0.0235. The molecule has 0 bridgehead atoms. The van der Waals surface area contributed by atoms with E-state index in [9.17, 15) is 4.79 Å². The predicted molar refractivity (Wildman–Crippen MR) is 66.7 cm³/mol. The zero-order valence-corrected chi connectivity index (χ0v) is 9.70. The SMILES string of the molecule is O=C(NC1CC1)c1ccc(C=CCCl)cc1. The molecule has 1 fully saturated rings. The second-order valence-corrected chi connectivity index (χ2v) is 4.24. The van der Waals surface area contributed by atoms with Crippen LogP contribution in [-0.4, -0.2) is 17.8 Å². The van der Waals surface area contributed by atoms with E-state index in [2.05, 4.69) is 5.32 Å². The summed E-state index contributed by atoms with van der Waals surface area (Å²) in [4.78, 5) is 11.7. The quantitative estimate of drug-likeness (QED) is 0.799. The second-order valence-electron chi connectivity index (χ2n) is 3.93. The minimum Gasteiger partial charge on any atom is -0.349 e. The maximum absolute atomic E-state index is 11.7. The monoisotopic (exact) mass is 235 g/mol. The van der Waals surface area contributed by atoms with E-state index in [1.165, 1.54) is 0 Å². The number of rotatable bonds is 4. The Labute approximate surface area is 100 Å². The summed E-state index contributed by atoms with van der Waals surface area (Å²) in [5.41, 5.74) is 1.78. The third-order valence-corrected chi connectivity index (χ3v) is 2.66. The van der Waals surface area contributed by atoms with Crippen LogP contribution in [0.5, 0.6) is 0 Å². The van der Waals surface area contributed by atoms with Gasteiger partial charge in [0.05, 0.1) is 0 Å². The highest BCUT2D eigenvalue weighted by Crippen LogP contribution is 2.19. The van der Waals surface area contributed by atoms with Crippen molar-refractivity contribution in [3.05, 3.63) is 41.5 Å². The Morgan fingerprint density at radius 3 is 2.62 bits per heavy atom. The van der Waals surface area contributed by atoms with Gasteiger partial charge in [0.15, 0.2) is 0 Å². The van der Waals surface area contributed by atoms with E-state index in [4.69, 9.17) is 11.6 Å². The molecule has 0 unspecified atom stereocenters. The van der Waals surface area contributed by atoms with Crippen molar-refractivity contribution in [1.82, 2.24) is 5.32 Å². The van der Waals surface area contributed by atoms with Crippen LogP contribution in [0.1, 0.15) is 28.8 Å². The van der Waals surface area contributed by atoms with E-state index < -0.39 is 0 Å². The molecular formula is C13H14ClNO. The van der Waals surface area contributed by atoms with Crippen molar-refractivity contribution >= 4 is 23.6 Å². The highest BCUT2D eigenvalue weighted by Gasteiger charge is 2.23. The first kappa shape index (κ1) is 11.2. The standard InChI is InChI=1S/C13H14ClNO/c14-9-1-2-10-3-5-11(6-4-10)13(16)15-12-7-8-12/h1-6,12H,7-9H2,(H,15,16). The number of carbonyl (C=O) groups is 1. The van der Waals surface area contributed by atoms with Gasteiger partial charge in [0.2, 0.25) is 0 Å². The average molecular weight is 236 g/mol. The second kappa shape index (κ2) is 5.17. The van der Waals surface area contributed by atoms with Crippen LogP contribution in [0.4, 0.5) is 0 Å². The summed E-state index contributed by atoms with van der Waals surface area (Å²) in [5.74, 6) is 0.527. The van der Waals surface area contributed by atoms with Gasteiger partial charge in [-0.15, -0.1) is 11.6 Å². The smallest absolute Gasteiger partial charge is 0.251 e. The van der Waals surface area contributed by atoms with Gasteiger partial charge in [-0.1, -0.05) is 24.3 Å². The van der Waals surface area contributed by atoms with E-state index in [0.717, 1.165) is 24.0 Å². The van der Waals surface area contributed by atoms with E-state index in [-0.39, 0.29) is 5.91 Å². The summed E-state index contributed by atoms with van der Waals surface area (Å²) in [6, 6.07) is 7.93. The fraction of sp³-hybridized carbons (Fsp3) is 0.308. The molecule has 1 aliphatic rings. The van der Waals surface area contributed by atoms with Crippen molar-refractivity contribution in [1.29, 1.82) is 0 Å². The van der Waals surface area contributed by atoms with Gasteiger partial charge in [-0.2, -0.15) is 0 Å². The van der Waals surface area contributed by atoms with E-state index >= 15 is 0 Å². The maximum Gasteiger partial charge on any atom is 0.251 e. The molecule has 1 N–H and O–H groups in total. The molecule has 0 aliphatic heterocycles. The summed E-state index contributed by atoms with van der Waals surface area (Å²) in [6.45, 7) is 0. The Balaban J connectivity index is 2.00. The lowest BCUT2D eigenvalue weighted by molar-refractivity contribution is 0.0951. The lowest BCUT2D eigenvalue weighted by Crippen LogP contribution is -2.25. The third kappa shape index (κ3) is 3.11.